The molecule has 0 saturated heterocycles. The Hall–Kier alpha value is -3.40. The second kappa shape index (κ2) is 14.1. The molecule has 3 heterocycles. The number of unbranched alkanes of at least 4 members (excludes halogenated alkanes) is 1. The van der Waals surface area contributed by atoms with Gasteiger partial charge in [0, 0.05) is 44.6 Å². The number of pyridine rings is 1. The number of fused-ring (bicyclic) bond motifs is 1. The molecule has 0 bridgehead atoms. The van der Waals surface area contributed by atoms with Crippen LogP contribution in [0.2, 0.25) is 0 Å². The molecule has 0 aromatic carbocycles. The van der Waals surface area contributed by atoms with Crippen LogP contribution in [-0.2, 0) is 19.1 Å². The van der Waals surface area contributed by atoms with Crippen molar-refractivity contribution in [3.05, 3.63) is 83.1 Å². The number of hydrogen-bond donors (Lipinski definition) is 1. The predicted octanol–water partition coefficient (Wildman–Crippen LogP) is 4.39. The lowest BCUT2D eigenvalue weighted by molar-refractivity contribution is -0.142. The summed E-state index contributed by atoms with van der Waals surface area (Å²) in [5.74, 6) is -0.454. The number of amides is 1. The molecule has 2 aromatic rings. The van der Waals surface area contributed by atoms with Crippen molar-refractivity contribution >= 4 is 11.6 Å². The lowest BCUT2D eigenvalue weighted by Crippen LogP contribution is -2.39. The summed E-state index contributed by atoms with van der Waals surface area (Å²) in [5.41, 5.74) is -0.749. The first-order valence-electron chi connectivity index (χ1n) is 11.2. The highest BCUT2D eigenvalue weighted by atomic mass is 19.4. The lowest BCUT2D eigenvalue weighted by Gasteiger charge is -2.28. The van der Waals surface area contributed by atoms with Gasteiger partial charge in [0.25, 0.3) is 5.91 Å². The van der Waals surface area contributed by atoms with Gasteiger partial charge in [0.15, 0.2) is 5.69 Å². The highest BCUT2D eigenvalue weighted by molar-refractivity contribution is 5.96. The number of rotatable bonds is 7. The SMILES string of the molecule is C/C=C\C(=C/C)n1nc(C(F)(F)F)c2c1C(=O)N(CCCCn1ccccc1=O)CC2.C=C.CO. The Bertz CT molecular complexity index is 1080. The molecule has 7 nitrogen and oxygen atoms in total. The van der Waals surface area contributed by atoms with E-state index in [1.807, 2.05) is 0 Å². The summed E-state index contributed by atoms with van der Waals surface area (Å²) in [4.78, 5) is 26.4. The molecule has 0 radical (unpaired) electrons. The molecule has 0 unspecified atom stereocenters. The van der Waals surface area contributed by atoms with E-state index in [9.17, 15) is 22.8 Å². The van der Waals surface area contributed by atoms with Crippen LogP contribution in [0.25, 0.3) is 5.70 Å². The maximum atomic E-state index is 13.5. The maximum Gasteiger partial charge on any atom is 0.435 e. The summed E-state index contributed by atoms with van der Waals surface area (Å²) < 4.78 is 43.3. The quantitative estimate of drug-likeness (QED) is 0.352. The molecule has 35 heavy (non-hydrogen) atoms. The average Bonchev–Trinajstić information content (AvgIpc) is 3.26. The minimum atomic E-state index is -4.63. The van der Waals surface area contributed by atoms with Gasteiger partial charge in [-0.15, -0.1) is 13.2 Å². The van der Waals surface area contributed by atoms with Crippen LogP contribution < -0.4 is 5.56 Å². The Morgan fingerprint density at radius 1 is 1.14 bits per heavy atom. The van der Waals surface area contributed by atoms with Gasteiger partial charge in [-0.05, 0) is 45.3 Å². The molecule has 2 aromatic heterocycles. The Kier molecular flexibility index (Phi) is 11.9. The summed E-state index contributed by atoms with van der Waals surface area (Å²) >= 11 is 0. The monoisotopic (exact) mass is 494 g/mol. The molecule has 0 spiro atoms. The molecular weight excluding hydrogens is 461 g/mol. The largest absolute Gasteiger partial charge is 0.435 e. The minimum Gasteiger partial charge on any atom is -0.400 e. The van der Waals surface area contributed by atoms with E-state index >= 15 is 0 Å². The number of nitrogens with zero attached hydrogens (tertiary/aromatic N) is 4. The van der Waals surface area contributed by atoms with Crippen LogP contribution in [-0.4, -0.2) is 50.5 Å². The fourth-order valence-corrected chi connectivity index (χ4v) is 3.72. The number of aliphatic hydroxyl groups excluding tert-OH is 1. The number of aromatic nitrogens is 3. The van der Waals surface area contributed by atoms with E-state index in [-0.39, 0.29) is 29.8 Å². The van der Waals surface area contributed by atoms with Crippen LogP contribution in [0, 0.1) is 0 Å². The van der Waals surface area contributed by atoms with Gasteiger partial charge in [-0.3, -0.25) is 9.59 Å². The van der Waals surface area contributed by atoms with E-state index in [4.69, 9.17) is 5.11 Å². The fourth-order valence-electron chi connectivity index (χ4n) is 3.72. The first-order chi connectivity index (χ1) is 16.8. The highest BCUT2D eigenvalue weighted by Gasteiger charge is 2.43. The van der Waals surface area contributed by atoms with E-state index in [1.54, 1.807) is 59.9 Å². The zero-order chi connectivity index (χ0) is 26.6. The Morgan fingerprint density at radius 3 is 2.37 bits per heavy atom. The molecule has 0 aliphatic carbocycles. The molecule has 1 N–H and O–H groups in total. The molecule has 0 atom stereocenters. The van der Waals surface area contributed by atoms with Crippen LogP contribution >= 0.6 is 0 Å². The summed E-state index contributed by atoms with van der Waals surface area (Å²) in [7, 11) is 1.00. The number of carbonyl (C=O) groups is 1. The highest BCUT2D eigenvalue weighted by Crippen LogP contribution is 2.36. The lowest BCUT2D eigenvalue weighted by atomic mass is 10.0. The topological polar surface area (TPSA) is 80.4 Å². The van der Waals surface area contributed by atoms with Crippen LogP contribution in [0.4, 0.5) is 13.2 Å². The van der Waals surface area contributed by atoms with Crippen molar-refractivity contribution in [2.75, 3.05) is 20.2 Å². The zero-order valence-electron chi connectivity index (χ0n) is 20.4. The molecular formula is C25H33F3N4O3. The van der Waals surface area contributed by atoms with E-state index in [2.05, 4.69) is 18.3 Å². The number of aryl methyl sites for hydroxylation is 1. The number of aliphatic hydroxyl groups is 1. The molecule has 1 aliphatic heterocycles. The van der Waals surface area contributed by atoms with Crippen molar-refractivity contribution in [2.24, 2.45) is 0 Å². The smallest absolute Gasteiger partial charge is 0.400 e. The average molecular weight is 495 g/mol. The summed E-state index contributed by atoms with van der Waals surface area (Å²) in [6, 6.07) is 4.94. The fraction of sp³-hybridized carbons (Fsp3) is 0.400. The number of halogens is 3. The van der Waals surface area contributed by atoms with Gasteiger partial charge < -0.3 is 14.6 Å². The van der Waals surface area contributed by atoms with Gasteiger partial charge in [0.2, 0.25) is 5.56 Å². The number of alkyl halides is 3. The van der Waals surface area contributed by atoms with E-state index in [0.717, 1.165) is 11.8 Å². The summed E-state index contributed by atoms with van der Waals surface area (Å²) in [6.07, 6.45) is 3.41. The van der Waals surface area contributed by atoms with E-state index in [1.165, 1.54) is 6.07 Å². The third-order valence-electron chi connectivity index (χ3n) is 5.23. The molecule has 1 aliphatic rings. The van der Waals surface area contributed by atoms with Gasteiger partial charge in [0.05, 0.1) is 5.70 Å². The minimum absolute atomic E-state index is 0.0240. The van der Waals surface area contributed by atoms with Crippen LogP contribution in [0.3, 0.4) is 0 Å². The summed E-state index contributed by atoms with van der Waals surface area (Å²) in [6.45, 7) is 10.6. The van der Waals surface area contributed by atoms with Crippen LogP contribution in [0.5, 0.6) is 0 Å². The second-order valence-corrected chi connectivity index (χ2v) is 7.28. The van der Waals surface area contributed by atoms with Gasteiger partial charge >= 0.3 is 6.18 Å². The number of carbonyl (C=O) groups excluding carboxylic acids is 1. The third kappa shape index (κ3) is 7.29. The Balaban J connectivity index is 0.00000145. The molecule has 1 amide bonds. The van der Waals surface area contributed by atoms with Crippen LogP contribution in [0.15, 0.2) is 60.6 Å². The first kappa shape index (κ1) is 29.6. The zero-order valence-corrected chi connectivity index (χ0v) is 20.4. The third-order valence-corrected chi connectivity index (χ3v) is 5.23. The summed E-state index contributed by atoms with van der Waals surface area (Å²) in [5, 5.41) is 10.8. The van der Waals surface area contributed by atoms with Gasteiger partial charge in [-0.25, -0.2) is 4.68 Å². The van der Waals surface area contributed by atoms with Gasteiger partial charge in [0.1, 0.15) is 5.69 Å². The molecule has 0 fully saturated rings. The second-order valence-electron chi connectivity index (χ2n) is 7.28. The Morgan fingerprint density at radius 2 is 1.80 bits per heavy atom. The number of allylic oxidation sites excluding steroid dienone is 4. The van der Waals surface area contributed by atoms with Crippen molar-refractivity contribution < 1.29 is 23.1 Å². The normalized spacial score (nSPS) is 13.6. The molecule has 3 rings (SSSR count). The van der Waals surface area contributed by atoms with Crippen molar-refractivity contribution in [1.29, 1.82) is 0 Å². The van der Waals surface area contributed by atoms with Gasteiger partial charge in [-0.1, -0.05) is 18.2 Å². The molecule has 0 saturated carbocycles. The predicted molar refractivity (Wildman–Crippen MR) is 131 cm³/mol. The van der Waals surface area contributed by atoms with E-state index < -0.39 is 17.8 Å². The Labute approximate surface area is 203 Å². The number of hydrogen-bond acceptors (Lipinski definition) is 4. The van der Waals surface area contributed by atoms with Crippen molar-refractivity contribution in [3.63, 3.8) is 0 Å². The standard InChI is InChI=1S/C22H25F3N4O2.C2H4.CH4O/c1-3-9-16(4-2)29-19-17(20(26-29)22(23,24)25)11-15-28(21(19)31)14-8-7-13-27-12-6-5-10-18(27)30;2*1-2/h3-6,9-10,12H,7-8,11,13-15H2,1-2H3;1-2H2;2H,1H3/b9-3-,16-4+;;. The van der Waals surface area contributed by atoms with Crippen molar-refractivity contribution in [1.82, 2.24) is 19.2 Å². The molecule has 10 heteroatoms. The maximum absolute atomic E-state index is 13.5. The van der Waals surface area contributed by atoms with Crippen molar-refractivity contribution in [3.8, 4) is 0 Å². The first-order valence-corrected chi connectivity index (χ1v) is 11.2. The van der Waals surface area contributed by atoms with E-state index in [0.29, 0.717) is 31.6 Å². The van der Waals surface area contributed by atoms with Gasteiger partial charge in [-0.2, -0.15) is 18.3 Å². The van der Waals surface area contributed by atoms with Crippen LogP contribution in [0.1, 0.15) is 48.4 Å². The molecule has 192 valence electrons. The van der Waals surface area contributed by atoms with Crippen molar-refractivity contribution in [2.45, 2.75) is 45.8 Å².